The van der Waals surface area contributed by atoms with E-state index in [0.29, 0.717) is 11.4 Å². The Morgan fingerprint density at radius 1 is 1.53 bits per heavy atom. The van der Waals surface area contributed by atoms with Crippen molar-refractivity contribution in [3.8, 4) is 0 Å². The molecule has 0 bridgehead atoms. The summed E-state index contributed by atoms with van der Waals surface area (Å²) < 4.78 is 0. The monoisotopic (exact) mass is 227 g/mol. The molecule has 0 unspecified atom stereocenters. The summed E-state index contributed by atoms with van der Waals surface area (Å²) in [5, 5.41) is 1.88. The third-order valence-corrected chi connectivity index (χ3v) is 2.62. The van der Waals surface area contributed by atoms with Gasteiger partial charge in [0.1, 0.15) is 0 Å². The molecule has 0 aliphatic rings. The van der Waals surface area contributed by atoms with Gasteiger partial charge in [-0.3, -0.25) is 9.63 Å². The van der Waals surface area contributed by atoms with Crippen molar-refractivity contribution in [2.24, 2.45) is 0 Å². The first-order valence-corrected chi connectivity index (χ1v) is 4.98. The third-order valence-electron chi connectivity index (χ3n) is 2.22. The molecule has 82 valence electrons. The molecule has 3 nitrogen and oxygen atoms in total. The first-order chi connectivity index (χ1) is 7.04. The largest absolute Gasteiger partial charge is 0.275 e. The molecule has 0 saturated heterocycles. The van der Waals surface area contributed by atoms with Crippen LogP contribution in [0, 0.1) is 6.92 Å². The highest BCUT2D eigenvalue weighted by molar-refractivity contribution is 6.31. The molecule has 0 saturated carbocycles. The summed E-state index contributed by atoms with van der Waals surface area (Å²) >= 11 is 5.95. The number of halogens is 1. The topological polar surface area (TPSA) is 29.5 Å². The number of benzene rings is 1. The van der Waals surface area contributed by atoms with Crippen LogP contribution in [0.15, 0.2) is 18.2 Å². The number of carbonyl (C=O) groups excluding carboxylic acids is 1. The Morgan fingerprint density at radius 3 is 2.73 bits per heavy atom. The molecule has 1 amide bonds. The van der Waals surface area contributed by atoms with E-state index in [1.807, 2.05) is 19.1 Å². The van der Waals surface area contributed by atoms with Crippen LogP contribution in [0.25, 0.3) is 0 Å². The number of likely N-dealkylation sites (N-methyl/N-ethyl adjacent to an activating group) is 1. The first kappa shape index (κ1) is 12.0. The third kappa shape index (κ3) is 3.22. The number of hydrogen-bond acceptors (Lipinski definition) is 2. The molecule has 0 N–H and O–H groups in total. The molecule has 1 aromatic rings. The lowest BCUT2D eigenvalue weighted by atomic mass is 10.1. The van der Waals surface area contributed by atoms with Gasteiger partial charge in [-0.2, -0.15) is 0 Å². The van der Waals surface area contributed by atoms with Crippen LogP contribution >= 0.6 is 11.6 Å². The molecule has 1 rings (SSSR count). The van der Waals surface area contributed by atoms with Gasteiger partial charge in [-0.15, -0.1) is 0 Å². The Labute approximate surface area is 94.5 Å². The van der Waals surface area contributed by atoms with Crippen LogP contribution in [-0.2, 0) is 16.1 Å². The van der Waals surface area contributed by atoms with E-state index in [9.17, 15) is 4.79 Å². The van der Waals surface area contributed by atoms with Gasteiger partial charge in [-0.05, 0) is 24.1 Å². The summed E-state index contributed by atoms with van der Waals surface area (Å²) in [6.07, 6.45) is 0.296. The van der Waals surface area contributed by atoms with Gasteiger partial charge in [-0.25, -0.2) is 5.06 Å². The Balaban J connectivity index is 2.73. The zero-order valence-corrected chi connectivity index (χ0v) is 9.84. The number of aryl methyl sites for hydroxylation is 1. The first-order valence-electron chi connectivity index (χ1n) is 4.60. The molecule has 0 radical (unpaired) electrons. The molecule has 0 fully saturated rings. The minimum absolute atomic E-state index is 0.0996. The van der Waals surface area contributed by atoms with E-state index in [0.717, 1.165) is 11.1 Å². The molecular formula is C11H14ClNO2. The quantitative estimate of drug-likeness (QED) is 0.741. The lowest BCUT2D eigenvalue weighted by Gasteiger charge is -2.13. The maximum Gasteiger partial charge on any atom is 0.250 e. The Kier molecular flexibility index (Phi) is 4.12. The summed E-state index contributed by atoms with van der Waals surface area (Å²) in [4.78, 5) is 16.3. The van der Waals surface area contributed by atoms with Gasteiger partial charge in [0, 0.05) is 12.1 Å². The summed E-state index contributed by atoms with van der Waals surface area (Å²) in [7, 11) is 3.04. The number of hydroxylamine groups is 2. The van der Waals surface area contributed by atoms with Crippen LogP contribution < -0.4 is 0 Å². The summed E-state index contributed by atoms with van der Waals surface area (Å²) in [6, 6.07) is 5.60. The van der Waals surface area contributed by atoms with E-state index in [-0.39, 0.29) is 5.91 Å². The number of hydrogen-bond donors (Lipinski definition) is 0. The molecule has 0 spiro atoms. The zero-order chi connectivity index (χ0) is 11.4. The Bertz CT molecular complexity index is 366. The average Bonchev–Trinajstić information content (AvgIpc) is 2.22. The molecule has 1 aromatic carbocycles. The van der Waals surface area contributed by atoms with Gasteiger partial charge in [0.15, 0.2) is 0 Å². The van der Waals surface area contributed by atoms with Crippen LogP contribution in [0.1, 0.15) is 11.1 Å². The van der Waals surface area contributed by atoms with Crippen molar-refractivity contribution in [3.05, 3.63) is 34.3 Å². The number of amides is 1. The van der Waals surface area contributed by atoms with Gasteiger partial charge < -0.3 is 0 Å². The van der Waals surface area contributed by atoms with Crippen LogP contribution in [0.5, 0.6) is 0 Å². The summed E-state index contributed by atoms with van der Waals surface area (Å²) in [6.45, 7) is 1.93. The van der Waals surface area contributed by atoms with Crippen molar-refractivity contribution in [2.75, 3.05) is 14.2 Å². The van der Waals surface area contributed by atoms with Gasteiger partial charge in [-0.1, -0.05) is 23.7 Å². The molecular weight excluding hydrogens is 214 g/mol. The molecule has 4 heteroatoms. The maximum absolute atomic E-state index is 11.5. The number of rotatable bonds is 3. The lowest BCUT2D eigenvalue weighted by molar-refractivity contribution is -0.167. The molecule has 0 aliphatic heterocycles. The van der Waals surface area contributed by atoms with Gasteiger partial charge in [0.05, 0.1) is 13.5 Å². The van der Waals surface area contributed by atoms with Crippen molar-refractivity contribution < 1.29 is 9.63 Å². The fourth-order valence-electron chi connectivity index (χ4n) is 1.13. The van der Waals surface area contributed by atoms with Crippen molar-refractivity contribution in [2.45, 2.75) is 13.3 Å². The molecule has 15 heavy (non-hydrogen) atoms. The summed E-state index contributed by atoms with van der Waals surface area (Å²) in [5.74, 6) is -0.0996. The average molecular weight is 228 g/mol. The standard InChI is InChI=1S/C11H14ClNO2/c1-8-4-5-9(6-10(8)12)7-11(14)13(2)15-3/h4-6H,7H2,1-3H3. The second-order valence-electron chi connectivity index (χ2n) is 3.33. The van der Waals surface area contributed by atoms with E-state index in [1.54, 1.807) is 13.1 Å². The second-order valence-corrected chi connectivity index (χ2v) is 3.74. The zero-order valence-electron chi connectivity index (χ0n) is 9.08. The molecule has 0 aliphatic carbocycles. The van der Waals surface area contributed by atoms with Gasteiger partial charge >= 0.3 is 0 Å². The normalized spacial score (nSPS) is 10.1. The second kappa shape index (κ2) is 5.14. The fraction of sp³-hybridized carbons (Fsp3) is 0.364. The van der Waals surface area contributed by atoms with E-state index in [2.05, 4.69) is 0 Å². The molecule has 0 aromatic heterocycles. The van der Waals surface area contributed by atoms with Crippen LogP contribution in [0.4, 0.5) is 0 Å². The van der Waals surface area contributed by atoms with Crippen molar-refractivity contribution in [1.82, 2.24) is 5.06 Å². The van der Waals surface area contributed by atoms with Gasteiger partial charge in [0.2, 0.25) is 5.91 Å². The van der Waals surface area contributed by atoms with E-state index in [4.69, 9.17) is 16.4 Å². The van der Waals surface area contributed by atoms with Crippen LogP contribution in [0.2, 0.25) is 5.02 Å². The predicted octanol–water partition coefficient (Wildman–Crippen LogP) is 2.21. The van der Waals surface area contributed by atoms with E-state index < -0.39 is 0 Å². The predicted molar refractivity (Wildman–Crippen MR) is 59.7 cm³/mol. The highest BCUT2D eigenvalue weighted by Gasteiger charge is 2.09. The lowest BCUT2D eigenvalue weighted by Crippen LogP contribution is -2.26. The molecule has 0 atom stereocenters. The number of carbonyl (C=O) groups is 1. The highest BCUT2D eigenvalue weighted by atomic mass is 35.5. The SMILES string of the molecule is CON(C)C(=O)Cc1ccc(C)c(Cl)c1. The number of nitrogens with zero attached hydrogens (tertiary/aromatic N) is 1. The van der Waals surface area contributed by atoms with E-state index in [1.165, 1.54) is 12.2 Å². The Morgan fingerprint density at radius 2 is 2.20 bits per heavy atom. The van der Waals surface area contributed by atoms with Crippen molar-refractivity contribution in [3.63, 3.8) is 0 Å². The van der Waals surface area contributed by atoms with Crippen LogP contribution in [0.3, 0.4) is 0 Å². The van der Waals surface area contributed by atoms with E-state index >= 15 is 0 Å². The Hall–Kier alpha value is -1.06. The smallest absolute Gasteiger partial charge is 0.250 e. The molecule has 0 heterocycles. The highest BCUT2D eigenvalue weighted by Crippen LogP contribution is 2.17. The maximum atomic E-state index is 11.5. The van der Waals surface area contributed by atoms with Gasteiger partial charge in [0.25, 0.3) is 0 Å². The fourth-order valence-corrected chi connectivity index (χ4v) is 1.34. The summed E-state index contributed by atoms with van der Waals surface area (Å²) in [5.41, 5.74) is 1.90. The van der Waals surface area contributed by atoms with Crippen molar-refractivity contribution >= 4 is 17.5 Å². The van der Waals surface area contributed by atoms with Crippen molar-refractivity contribution in [1.29, 1.82) is 0 Å². The minimum Gasteiger partial charge on any atom is -0.275 e. The van der Waals surface area contributed by atoms with Crippen LogP contribution in [-0.4, -0.2) is 25.1 Å². The minimum atomic E-state index is -0.0996.